The number of hydrogen-bond acceptors (Lipinski definition) is 6. The van der Waals surface area contributed by atoms with Crippen molar-refractivity contribution in [1.82, 2.24) is 15.1 Å². The van der Waals surface area contributed by atoms with Crippen LogP contribution in [0.1, 0.15) is 40.1 Å². The highest BCUT2D eigenvalue weighted by Crippen LogP contribution is 2.16. The summed E-state index contributed by atoms with van der Waals surface area (Å²) in [5, 5.41) is 11.2. The Morgan fingerprint density at radius 2 is 1.72 bits per heavy atom. The Bertz CT molecular complexity index is 738. The standard InChI is InChI=1S/C18H20N4O3/c1-25-18(24)13-5-7-14(8-6-13)19-16-10-9-15(20-21-16)17(23)22-11-3-2-4-12-22/h5-10H,2-4,11-12H2,1H3,(H,19,21). The van der Waals surface area contributed by atoms with Gasteiger partial charge in [-0.15, -0.1) is 10.2 Å². The fourth-order valence-corrected chi connectivity index (χ4v) is 2.73. The zero-order valence-corrected chi connectivity index (χ0v) is 14.1. The number of likely N-dealkylation sites (tertiary alicyclic amines) is 1. The van der Waals surface area contributed by atoms with Crippen molar-refractivity contribution in [2.75, 3.05) is 25.5 Å². The van der Waals surface area contributed by atoms with Gasteiger partial charge in [0.25, 0.3) is 5.91 Å². The number of aromatic nitrogens is 2. The van der Waals surface area contributed by atoms with Crippen LogP contribution < -0.4 is 5.32 Å². The molecular formula is C18H20N4O3. The quantitative estimate of drug-likeness (QED) is 0.861. The molecule has 1 aromatic heterocycles. The van der Waals surface area contributed by atoms with E-state index in [2.05, 4.69) is 20.3 Å². The normalized spacial score (nSPS) is 14.0. The molecule has 0 radical (unpaired) electrons. The summed E-state index contributed by atoms with van der Waals surface area (Å²) in [6, 6.07) is 10.2. The summed E-state index contributed by atoms with van der Waals surface area (Å²) in [5.74, 6) is 0.0779. The van der Waals surface area contributed by atoms with E-state index in [1.165, 1.54) is 13.5 Å². The second-order valence-electron chi connectivity index (χ2n) is 5.85. The first-order valence-corrected chi connectivity index (χ1v) is 8.26. The molecule has 1 amide bonds. The zero-order chi connectivity index (χ0) is 17.6. The largest absolute Gasteiger partial charge is 0.465 e. The van der Waals surface area contributed by atoms with Gasteiger partial charge in [0, 0.05) is 18.8 Å². The van der Waals surface area contributed by atoms with Gasteiger partial charge in [0.1, 0.15) is 0 Å². The van der Waals surface area contributed by atoms with Crippen molar-refractivity contribution < 1.29 is 14.3 Å². The molecular weight excluding hydrogens is 320 g/mol. The van der Waals surface area contributed by atoms with Crippen LogP contribution in [0.3, 0.4) is 0 Å². The van der Waals surface area contributed by atoms with Crippen LogP contribution in [0.25, 0.3) is 0 Å². The average Bonchev–Trinajstić information content (AvgIpc) is 2.68. The Hall–Kier alpha value is -2.96. The van der Waals surface area contributed by atoms with Crippen LogP contribution in [0.15, 0.2) is 36.4 Å². The molecule has 0 bridgehead atoms. The molecule has 0 spiro atoms. The van der Waals surface area contributed by atoms with Crippen LogP contribution in [0.4, 0.5) is 11.5 Å². The number of rotatable bonds is 4. The molecule has 2 heterocycles. The molecule has 1 saturated heterocycles. The van der Waals surface area contributed by atoms with Crippen molar-refractivity contribution in [1.29, 1.82) is 0 Å². The summed E-state index contributed by atoms with van der Waals surface area (Å²) >= 11 is 0. The lowest BCUT2D eigenvalue weighted by atomic mass is 10.1. The highest BCUT2D eigenvalue weighted by Gasteiger charge is 2.19. The van der Waals surface area contributed by atoms with Gasteiger partial charge in [-0.2, -0.15) is 0 Å². The molecule has 1 fully saturated rings. The van der Waals surface area contributed by atoms with Gasteiger partial charge in [-0.25, -0.2) is 4.79 Å². The minimum absolute atomic E-state index is 0.0684. The number of nitrogens with one attached hydrogen (secondary N) is 1. The predicted molar refractivity (Wildman–Crippen MR) is 92.9 cm³/mol. The first kappa shape index (κ1) is 16.9. The minimum Gasteiger partial charge on any atom is -0.465 e. The molecule has 7 heteroatoms. The van der Waals surface area contributed by atoms with E-state index in [0.717, 1.165) is 31.6 Å². The summed E-state index contributed by atoms with van der Waals surface area (Å²) in [7, 11) is 1.34. The third-order valence-corrected chi connectivity index (χ3v) is 4.11. The molecule has 2 aromatic rings. The molecule has 7 nitrogen and oxygen atoms in total. The molecule has 0 unspecified atom stereocenters. The van der Waals surface area contributed by atoms with Gasteiger partial charge < -0.3 is 15.0 Å². The number of amides is 1. The first-order chi connectivity index (χ1) is 12.2. The van der Waals surface area contributed by atoms with Crippen LogP contribution >= 0.6 is 0 Å². The topological polar surface area (TPSA) is 84.4 Å². The molecule has 1 aromatic carbocycles. The van der Waals surface area contributed by atoms with Gasteiger partial charge in [0.2, 0.25) is 0 Å². The molecule has 0 saturated carbocycles. The van der Waals surface area contributed by atoms with Gasteiger partial charge in [0.05, 0.1) is 12.7 Å². The average molecular weight is 340 g/mol. The fraction of sp³-hybridized carbons (Fsp3) is 0.333. The van der Waals surface area contributed by atoms with Crippen LogP contribution in [0, 0.1) is 0 Å². The highest BCUT2D eigenvalue weighted by atomic mass is 16.5. The molecule has 0 atom stereocenters. The van der Waals surface area contributed by atoms with Crippen molar-refractivity contribution in [3.8, 4) is 0 Å². The van der Waals surface area contributed by atoms with E-state index in [1.807, 2.05) is 4.90 Å². The first-order valence-electron chi connectivity index (χ1n) is 8.26. The van der Waals surface area contributed by atoms with E-state index in [0.29, 0.717) is 17.1 Å². The van der Waals surface area contributed by atoms with E-state index in [9.17, 15) is 9.59 Å². The number of piperidine rings is 1. The van der Waals surface area contributed by atoms with Crippen LogP contribution in [0.5, 0.6) is 0 Å². The molecule has 1 aliphatic rings. The number of methoxy groups -OCH3 is 1. The summed E-state index contributed by atoms with van der Waals surface area (Å²) in [6.07, 6.45) is 3.26. The summed E-state index contributed by atoms with van der Waals surface area (Å²) in [6.45, 7) is 1.57. The van der Waals surface area contributed by atoms with Crippen LogP contribution in [0.2, 0.25) is 0 Å². The number of carbonyl (C=O) groups excluding carboxylic acids is 2. The predicted octanol–water partition coefficient (Wildman–Crippen LogP) is 2.63. The Kier molecular flexibility index (Phi) is 5.23. The monoisotopic (exact) mass is 340 g/mol. The maximum atomic E-state index is 12.4. The highest BCUT2D eigenvalue weighted by molar-refractivity contribution is 5.92. The second kappa shape index (κ2) is 7.74. The number of nitrogens with zero attached hydrogens (tertiary/aromatic N) is 3. The zero-order valence-electron chi connectivity index (χ0n) is 14.1. The third kappa shape index (κ3) is 4.12. The number of carbonyl (C=O) groups is 2. The number of ether oxygens (including phenoxy) is 1. The Morgan fingerprint density at radius 3 is 2.32 bits per heavy atom. The van der Waals surface area contributed by atoms with Gasteiger partial charge in [-0.05, 0) is 55.7 Å². The lowest BCUT2D eigenvalue weighted by molar-refractivity contribution is 0.0600. The molecule has 25 heavy (non-hydrogen) atoms. The van der Waals surface area contributed by atoms with Gasteiger partial charge in [-0.3, -0.25) is 4.79 Å². The fourth-order valence-electron chi connectivity index (χ4n) is 2.73. The lowest BCUT2D eigenvalue weighted by Crippen LogP contribution is -2.36. The van der Waals surface area contributed by atoms with Crippen molar-refractivity contribution >= 4 is 23.4 Å². The van der Waals surface area contributed by atoms with Crippen molar-refractivity contribution in [3.05, 3.63) is 47.7 Å². The van der Waals surface area contributed by atoms with Crippen molar-refractivity contribution in [2.24, 2.45) is 0 Å². The Morgan fingerprint density at radius 1 is 1.00 bits per heavy atom. The van der Waals surface area contributed by atoms with Crippen LogP contribution in [-0.4, -0.2) is 47.2 Å². The SMILES string of the molecule is COC(=O)c1ccc(Nc2ccc(C(=O)N3CCCCC3)nn2)cc1. The lowest BCUT2D eigenvalue weighted by Gasteiger charge is -2.26. The Labute approximate surface area is 146 Å². The van der Waals surface area contributed by atoms with E-state index in [-0.39, 0.29) is 11.9 Å². The van der Waals surface area contributed by atoms with E-state index in [4.69, 9.17) is 0 Å². The summed E-state index contributed by atoms with van der Waals surface area (Å²) < 4.78 is 4.66. The maximum absolute atomic E-state index is 12.4. The van der Waals surface area contributed by atoms with Gasteiger partial charge >= 0.3 is 5.97 Å². The number of hydrogen-bond donors (Lipinski definition) is 1. The number of anilines is 2. The molecule has 0 aliphatic carbocycles. The molecule has 1 aliphatic heterocycles. The number of esters is 1. The van der Waals surface area contributed by atoms with Crippen molar-refractivity contribution in [3.63, 3.8) is 0 Å². The van der Waals surface area contributed by atoms with E-state index >= 15 is 0 Å². The van der Waals surface area contributed by atoms with Crippen LogP contribution in [-0.2, 0) is 4.74 Å². The van der Waals surface area contributed by atoms with Crippen molar-refractivity contribution in [2.45, 2.75) is 19.3 Å². The molecule has 3 rings (SSSR count). The third-order valence-electron chi connectivity index (χ3n) is 4.11. The second-order valence-corrected chi connectivity index (χ2v) is 5.85. The smallest absolute Gasteiger partial charge is 0.337 e. The van der Waals surface area contributed by atoms with E-state index in [1.54, 1.807) is 36.4 Å². The molecule has 1 N–H and O–H groups in total. The molecule has 130 valence electrons. The van der Waals surface area contributed by atoms with E-state index < -0.39 is 0 Å². The van der Waals surface area contributed by atoms with Gasteiger partial charge in [0.15, 0.2) is 11.5 Å². The summed E-state index contributed by atoms with van der Waals surface area (Å²) in [5.41, 5.74) is 1.59. The minimum atomic E-state index is -0.382. The Balaban J connectivity index is 1.64. The number of benzene rings is 1. The summed E-state index contributed by atoms with van der Waals surface area (Å²) in [4.78, 5) is 25.6. The van der Waals surface area contributed by atoms with Gasteiger partial charge in [-0.1, -0.05) is 0 Å². The maximum Gasteiger partial charge on any atom is 0.337 e.